The standard InChI is InChI=1S/C13H17N3O2/c1-4-16-11(8(2)9(3)13(17)18)15-10-6-5-7-14-12(10)16/h5-9H,4H2,1-3H3,(H,17,18). The second kappa shape index (κ2) is 4.76. The number of pyridine rings is 1. The molecule has 0 aliphatic carbocycles. The third-order valence-corrected chi connectivity index (χ3v) is 3.40. The van der Waals surface area contributed by atoms with Crippen LogP contribution in [-0.4, -0.2) is 25.6 Å². The molecule has 2 aromatic heterocycles. The fraction of sp³-hybridized carbons (Fsp3) is 0.462. The van der Waals surface area contributed by atoms with Crippen molar-refractivity contribution >= 4 is 17.1 Å². The maximum absolute atomic E-state index is 11.1. The molecule has 2 rings (SSSR count). The van der Waals surface area contributed by atoms with Gasteiger partial charge < -0.3 is 9.67 Å². The van der Waals surface area contributed by atoms with Crippen LogP contribution in [-0.2, 0) is 11.3 Å². The van der Waals surface area contributed by atoms with Crippen LogP contribution in [0.25, 0.3) is 11.2 Å². The molecule has 2 heterocycles. The van der Waals surface area contributed by atoms with Crippen molar-refractivity contribution in [3.05, 3.63) is 24.2 Å². The van der Waals surface area contributed by atoms with Gasteiger partial charge in [-0.05, 0) is 19.1 Å². The van der Waals surface area contributed by atoms with Crippen molar-refractivity contribution < 1.29 is 9.90 Å². The Labute approximate surface area is 105 Å². The minimum absolute atomic E-state index is 0.142. The van der Waals surface area contributed by atoms with Crippen LogP contribution in [0.2, 0.25) is 0 Å². The molecule has 18 heavy (non-hydrogen) atoms. The summed E-state index contributed by atoms with van der Waals surface area (Å²) in [5.74, 6) is -0.616. The van der Waals surface area contributed by atoms with Crippen molar-refractivity contribution in [2.75, 3.05) is 0 Å². The predicted molar refractivity (Wildman–Crippen MR) is 68.4 cm³/mol. The van der Waals surface area contributed by atoms with E-state index >= 15 is 0 Å². The number of aliphatic carboxylic acids is 1. The average Bonchev–Trinajstić information content (AvgIpc) is 2.75. The molecule has 0 aliphatic rings. The Morgan fingerprint density at radius 1 is 1.50 bits per heavy atom. The molecule has 0 saturated carbocycles. The summed E-state index contributed by atoms with van der Waals surface area (Å²) in [5, 5.41) is 9.10. The molecule has 96 valence electrons. The largest absolute Gasteiger partial charge is 0.481 e. The second-order valence-corrected chi connectivity index (χ2v) is 4.48. The molecule has 0 spiro atoms. The summed E-state index contributed by atoms with van der Waals surface area (Å²) in [7, 11) is 0. The van der Waals surface area contributed by atoms with Gasteiger partial charge in [0.1, 0.15) is 11.3 Å². The van der Waals surface area contributed by atoms with Crippen LogP contribution in [0.4, 0.5) is 0 Å². The van der Waals surface area contributed by atoms with Gasteiger partial charge in [-0.25, -0.2) is 9.97 Å². The Hall–Kier alpha value is -1.91. The molecule has 0 radical (unpaired) electrons. The molecule has 5 heteroatoms. The number of carboxylic acid groups (broad SMARTS) is 1. The molecule has 0 bridgehead atoms. The van der Waals surface area contributed by atoms with Crippen molar-refractivity contribution in [1.82, 2.24) is 14.5 Å². The van der Waals surface area contributed by atoms with Gasteiger partial charge in [0, 0.05) is 18.7 Å². The average molecular weight is 247 g/mol. The fourth-order valence-corrected chi connectivity index (χ4v) is 2.07. The first-order valence-electron chi connectivity index (χ1n) is 6.10. The number of aromatic nitrogens is 3. The molecule has 0 saturated heterocycles. The van der Waals surface area contributed by atoms with E-state index in [1.807, 2.05) is 30.5 Å². The third-order valence-electron chi connectivity index (χ3n) is 3.40. The van der Waals surface area contributed by atoms with Crippen LogP contribution >= 0.6 is 0 Å². The minimum Gasteiger partial charge on any atom is -0.481 e. The molecule has 1 N–H and O–H groups in total. The molecule has 5 nitrogen and oxygen atoms in total. The topological polar surface area (TPSA) is 68.0 Å². The first-order chi connectivity index (χ1) is 8.56. The van der Waals surface area contributed by atoms with E-state index in [2.05, 4.69) is 9.97 Å². The Bertz CT molecular complexity index is 577. The maximum atomic E-state index is 11.1. The zero-order valence-corrected chi connectivity index (χ0v) is 10.8. The van der Waals surface area contributed by atoms with E-state index in [-0.39, 0.29) is 5.92 Å². The smallest absolute Gasteiger partial charge is 0.306 e. The summed E-state index contributed by atoms with van der Waals surface area (Å²) in [5.41, 5.74) is 1.64. The van der Waals surface area contributed by atoms with E-state index in [0.29, 0.717) is 0 Å². The van der Waals surface area contributed by atoms with E-state index in [1.54, 1.807) is 13.1 Å². The first-order valence-corrected chi connectivity index (χ1v) is 6.10. The first kappa shape index (κ1) is 12.5. The van der Waals surface area contributed by atoms with Crippen molar-refractivity contribution in [2.24, 2.45) is 5.92 Å². The summed E-state index contributed by atoms with van der Waals surface area (Å²) in [6.07, 6.45) is 1.73. The quantitative estimate of drug-likeness (QED) is 0.900. The number of imidazole rings is 1. The van der Waals surface area contributed by atoms with Gasteiger partial charge in [0.05, 0.1) is 5.92 Å². The van der Waals surface area contributed by atoms with Gasteiger partial charge in [-0.1, -0.05) is 13.8 Å². The van der Waals surface area contributed by atoms with Crippen LogP contribution in [0.5, 0.6) is 0 Å². The van der Waals surface area contributed by atoms with E-state index in [4.69, 9.17) is 5.11 Å². The van der Waals surface area contributed by atoms with Crippen LogP contribution in [0.3, 0.4) is 0 Å². The van der Waals surface area contributed by atoms with Crippen LogP contribution in [0, 0.1) is 5.92 Å². The van der Waals surface area contributed by atoms with Gasteiger partial charge in [0.15, 0.2) is 5.65 Å². The summed E-state index contributed by atoms with van der Waals surface area (Å²) in [4.78, 5) is 19.9. The van der Waals surface area contributed by atoms with Crippen molar-refractivity contribution in [1.29, 1.82) is 0 Å². The number of carboxylic acids is 1. The molecule has 0 fully saturated rings. The summed E-state index contributed by atoms with van der Waals surface area (Å²) in [6, 6.07) is 3.74. The summed E-state index contributed by atoms with van der Waals surface area (Å²) < 4.78 is 1.99. The molecule has 0 amide bonds. The molecular weight excluding hydrogens is 230 g/mol. The lowest BCUT2D eigenvalue weighted by Gasteiger charge is -2.16. The van der Waals surface area contributed by atoms with E-state index in [0.717, 1.165) is 23.5 Å². The number of aryl methyl sites for hydroxylation is 1. The van der Waals surface area contributed by atoms with Crippen LogP contribution in [0.15, 0.2) is 18.3 Å². The number of nitrogens with zero attached hydrogens (tertiary/aromatic N) is 3. The maximum Gasteiger partial charge on any atom is 0.306 e. The monoisotopic (exact) mass is 247 g/mol. The highest BCUT2D eigenvalue weighted by atomic mass is 16.4. The lowest BCUT2D eigenvalue weighted by atomic mass is 9.95. The Balaban J connectivity index is 2.53. The predicted octanol–water partition coefficient (Wildman–Crippen LogP) is 2.28. The number of hydrogen-bond donors (Lipinski definition) is 1. The Morgan fingerprint density at radius 3 is 2.83 bits per heavy atom. The highest BCUT2D eigenvalue weighted by molar-refractivity contribution is 5.73. The van der Waals surface area contributed by atoms with E-state index in [9.17, 15) is 4.79 Å². The van der Waals surface area contributed by atoms with Crippen LogP contribution < -0.4 is 0 Å². The lowest BCUT2D eigenvalue weighted by molar-refractivity contribution is -0.141. The van der Waals surface area contributed by atoms with Crippen LogP contribution in [0.1, 0.15) is 32.5 Å². The summed E-state index contributed by atoms with van der Waals surface area (Å²) >= 11 is 0. The molecule has 2 unspecified atom stereocenters. The second-order valence-electron chi connectivity index (χ2n) is 4.48. The third kappa shape index (κ3) is 1.96. The van der Waals surface area contributed by atoms with E-state index < -0.39 is 11.9 Å². The van der Waals surface area contributed by atoms with E-state index in [1.165, 1.54) is 0 Å². The lowest BCUT2D eigenvalue weighted by Crippen LogP contribution is -2.20. The fourth-order valence-electron chi connectivity index (χ4n) is 2.07. The van der Waals surface area contributed by atoms with Crippen molar-refractivity contribution in [3.63, 3.8) is 0 Å². The normalized spacial score (nSPS) is 14.6. The van der Waals surface area contributed by atoms with Gasteiger partial charge in [-0.15, -0.1) is 0 Å². The minimum atomic E-state index is -0.801. The van der Waals surface area contributed by atoms with Gasteiger partial charge in [-0.3, -0.25) is 4.79 Å². The van der Waals surface area contributed by atoms with Crippen molar-refractivity contribution in [3.8, 4) is 0 Å². The number of hydrogen-bond acceptors (Lipinski definition) is 3. The number of fused-ring (bicyclic) bond motifs is 1. The molecular formula is C13H17N3O2. The van der Waals surface area contributed by atoms with Gasteiger partial charge in [0.2, 0.25) is 0 Å². The zero-order chi connectivity index (χ0) is 13.3. The highest BCUT2D eigenvalue weighted by Gasteiger charge is 2.26. The van der Waals surface area contributed by atoms with Gasteiger partial charge in [-0.2, -0.15) is 0 Å². The SMILES string of the molecule is CCn1c(C(C)C(C)C(=O)O)nc2cccnc21. The summed E-state index contributed by atoms with van der Waals surface area (Å²) in [6.45, 7) is 6.35. The molecule has 0 aromatic carbocycles. The molecule has 2 atom stereocenters. The number of carbonyl (C=O) groups is 1. The number of rotatable bonds is 4. The highest BCUT2D eigenvalue weighted by Crippen LogP contribution is 2.26. The molecule has 2 aromatic rings. The zero-order valence-electron chi connectivity index (χ0n) is 10.8. The van der Waals surface area contributed by atoms with Gasteiger partial charge >= 0.3 is 5.97 Å². The van der Waals surface area contributed by atoms with Crippen molar-refractivity contribution in [2.45, 2.75) is 33.2 Å². The molecule has 0 aliphatic heterocycles. The Morgan fingerprint density at radius 2 is 2.22 bits per heavy atom. The van der Waals surface area contributed by atoms with Gasteiger partial charge in [0.25, 0.3) is 0 Å². The Kier molecular flexibility index (Phi) is 3.32.